The van der Waals surface area contributed by atoms with Gasteiger partial charge in [0.2, 0.25) is 0 Å². The molecule has 1 aliphatic heterocycles. The number of aliphatic carboxylic acids is 1. The molecule has 0 saturated heterocycles. The van der Waals surface area contributed by atoms with E-state index in [1.807, 2.05) is 0 Å². The fourth-order valence-electron chi connectivity index (χ4n) is 6.12. The van der Waals surface area contributed by atoms with Crippen LogP contribution < -0.4 is 0 Å². The van der Waals surface area contributed by atoms with Crippen LogP contribution in [0.4, 0.5) is 0 Å². The fourth-order valence-corrected chi connectivity index (χ4v) is 10.1. The zero-order valence-corrected chi connectivity index (χ0v) is 25.4. The van der Waals surface area contributed by atoms with E-state index in [2.05, 4.69) is 139 Å². The number of hydrogen-bond acceptors (Lipinski definition) is 1. The SMILES string of the molecule is C[Si]1(C#CCCCCCCCC(=O)O)C(c2ccccc2)=C(c2ccccc2)C(c2ccccc2)=C1c1ccccc1. The summed E-state index contributed by atoms with van der Waals surface area (Å²) in [5.41, 5.74) is 11.5. The predicted molar refractivity (Wildman–Crippen MR) is 179 cm³/mol. The van der Waals surface area contributed by atoms with E-state index in [0.717, 1.165) is 38.5 Å². The number of carboxylic acids is 1. The highest BCUT2D eigenvalue weighted by Crippen LogP contribution is 2.55. The maximum absolute atomic E-state index is 10.8. The molecule has 210 valence electrons. The van der Waals surface area contributed by atoms with Gasteiger partial charge in [0, 0.05) is 12.8 Å². The largest absolute Gasteiger partial charge is 0.481 e. The summed E-state index contributed by atoms with van der Waals surface area (Å²) in [5, 5.41) is 11.6. The van der Waals surface area contributed by atoms with Crippen LogP contribution in [0.3, 0.4) is 0 Å². The third-order valence-electron chi connectivity index (χ3n) is 8.03. The number of allylic oxidation sites excluding steroid dienone is 2. The summed E-state index contributed by atoms with van der Waals surface area (Å²) >= 11 is 0. The van der Waals surface area contributed by atoms with Gasteiger partial charge in [-0.2, -0.15) is 0 Å². The van der Waals surface area contributed by atoms with E-state index >= 15 is 0 Å². The number of rotatable bonds is 11. The van der Waals surface area contributed by atoms with Gasteiger partial charge in [-0.3, -0.25) is 4.79 Å². The van der Waals surface area contributed by atoms with Gasteiger partial charge in [0.1, 0.15) is 0 Å². The molecule has 2 nitrogen and oxygen atoms in total. The first-order chi connectivity index (χ1) is 20.6. The monoisotopic (exact) mass is 566 g/mol. The minimum atomic E-state index is -2.58. The average molecular weight is 567 g/mol. The van der Waals surface area contributed by atoms with Gasteiger partial charge in [0.25, 0.3) is 0 Å². The minimum absolute atomic E-state index is 0.264. The van der Waals surface area contributed by atoms with Gasteiger partial charge in [-0.25, -0.2) is 0 Å². The van der Waals surface area contributed by atoms with E-state index < -0.39 is 14.0 Å². The number of carboxylic acid groups (broad SMARTS) is 1. The smallest absolute Gasteiger partial charge is 0.303 e. The normalized spacial score (nSPS) is 14.0. The Morgan fingerprint density at radius 3 is 1.38 bits per heavy atom. The first kappa shape index (κ1) is 29.1. The molecule has 4 aromatic carbocycles. The minimum Gasteiger partial charge on any atom is -0.481 e. The van der Waals surface area contributed by atoms with E-state index in [-0.39, 0.29) is 6.42 Å². The summed E-state index contributed by atoms with van der Waals surface area (Å²) in [7, 11) is -2.58. The van der Waals surface area contributed by atoms with Crippen molar-refractivity contribution in [3.63, 3.8) is 0 Å². The van der Waals surface area contributed by atoms with Crippen LogP contribution >= 0.6 is 0 Å². The van der Waals surface area contributed by atoms with Gasteiger partial charge in [-0.15, -0.1) is 11.5 Å². The van der Waals surface area contributed by atoms with Crippen LogP contribution in [0.5, 0.6) is 0 Å². The van der Waals surface area contributed by atoms with Crippen molar-refractivity contribution in [2.24, 2.45) is 0 Å². The van der Waals surface area contributed by atoms with Crippen molar-refractivity contribution in [3.8, 4) is 11.5 Å². The molecular formula is C39H38O2Si. The van der Waals surface area contributed by atoms with Crippen molar-refractivity contribution >= 4 is 35.6 Å². The summed E-state index contributed by atoms with van der Waals surface area (Å²) in [6, 6.07) is 43.4. The first-order valence-electron chi connectivity index (χ1n) is 15.0. The molecule has 0 bridgehead atoms. The molecule has 0 atom stereocenters. The lowest BCUT2D eigenvalue weighted by atomic mass is 9.89. The molecule has 0 aliphatic carbocycles. The number of hydrogen-bond donors (Lipinski definition) is 1. The molecule has 4 aromatic rings. The Morgan fingerprint density at radius 1 is 0.571 bits per heavy atom. The van der Waals surface area contributed by atoms with Crippen molar-refractivity contribution < 1.29 is 9.90 Å². The molecule has 1 aliphatic rings. The van der Waals surface area contributed by atoms with Gasteiger partial charge in [0.05, 0.1) is 0 Å². The van der Waals surface area contributed by atoms with Crippen LogP contribution in [0.2, 0.25) is 6.55 Å². The third kappa shape index (κ3) is 6.56. The molecular weight excluding hydrogens is 529 g/mol. The molecule has 0 amide bonds. The van der Waals surface area contributed by atoms with Gasteiger partial charge < -0.3 is 5.11 Å². The number of unbranched alkanes of at least 4 members (excludes halogenated alkanes) is 5. The Morgan fingerprint density at radius 2 is 0.952 bits per heavy atom. The summed E-state index contributed by atoms with van der Waals surface area (Å²) in [6.45, 7) is 2.44. The molecule has 3 heteroatoms. The molecule has 0 radical (unpaired) electrons. The molecule has 0 fully saturated rings. The average Bonchev–Trinajstić information content (AvgIpc) is 3.30. The van der Waals surface area contributed by atoms with Crippen molar-refractivity contribution in [1.82, 2.24) is 0 Å². The summed E-state index contributed by atoms with van der Waals surface area (Å²) in [4.78, 5) is 10.8. The van der Waals surface area contributed by atoms with E-state index in [4.69, 9.17) is 5.11 Å². The lowest BCUT2D eigenvalue weighted by Gasteiger charge is -2.25. The van der Waals surface area contributed by atoms with Gasteiger partial charge in [-0.05, 0) is 56.6 Å². The molecule has 0 saturated carbocycles. The van der Waals surface area contributed by atoms with Gasteiger partial charge in [-0.1, -0.05) is 147 Å². The Kier molecular flexibility index (Phi) is 9.69. The van der Waals surface area contributed by atoms with Gasteiger partial charge >= 0.3 is 5.97 Å². The predicted octanol–water partition coefficient (Wildman–Crippen LogP) is 9.74. The van der Waals surface area contributed by atoms with Crippen molar-refractivity contribution in [2.45, 2.75) is 51.5 Å². The Hall–Kier alpha value is -4.39. The zero-order chi connectivity index (χ0) is 29.2. The molecule has 1 N–H and O–H groups in total. The summed E-state index contributed by atoms with van der Waals surface area (Å²) in [5.74, 6) is 2.97. The Labute approximate surface area is 251 Å². The maximum atomic E-state index is 10.8. The van der Waals surface area contributed by atoms with E-state index in [9.17, 15) is 4.79 Å². The fraction of sp³-hybridized carbons (Fsp3) is 0.205. The highest BCUT2D eigenvalue weighted by Gasteiger charge is 2.46. The Bertz CT molecular complexity index is 1510. The number of carbonyl (C=O) groups is 1. The molecule has 5 rings (SSSR count). The maximum Gasteiger partial charge on any atom is 0.303 e. The van der Waals surface area contributed by atoms with Crippen LogP contribution in [-0.2, 0) is 4.79 Å². The number of benzene rings is 4. The second kappa shape index (κ2) is 14.0. The molecule has 0 aromatic heterocycles. The quantitative estimate of drug-likeness (QED) is 0.111. The standard InChI is InChI=1S/C39H38O2Si/c1-42(30-20-6-4-2-3-5-19-29-35(40)41)38(33-25-15-9-16-26-33)36(31-21-11-7-12-22-31)37(32-23-13-8-14-24-32)39(42)34-27-17-10-18-28-34/h7-18,21-28H,2-6,19,29H2,1H3,(H,40,41). The lowest BCUT2D eigenvalue weighted by Crippen LogP contribution is -2.31. The zero-order valence-electron chi connectivity index (χ0n) is 24.4. The highest BCUT2D eigenvalue weighted by molar-refractivity contribution is 7.18. The second-order valence-electron chi connectivity index (χ2n) is 11.1. The third-order valence-corrected chi connectivity index (χ3v) is 11.8. The van der Waals surface area contributed by atoms with E-state index in [0.29, 0.717) is 0 Å². The van der Waals surface area contributed by atoms with Crippen molar-refractivity contribution in [1.29, 1.82) is 0 Å². The topological polar surface area (TPSA) is 37.3 Å². The highest BCUT2D eigenvalue weighted by atomic mass is 28.3. The molecule has 0 spiro atoms. The summed E-state index contributed by atoms with van der Waals surface area (Å²) < 4.78 is 0. The van der Waals surface area contributed by atoms with Crippen molar-refractivity contribution in [3.05, 3.63) is 144 Å². The molecule has 42 heavy (non-hydrogen) atoms. The van der Waals surface area contributed by atoms with E-state index in [1.165, 1.54) is 43.8 Å². The van der Waals surface area contributed by atoms with Crippen molar-refractivity contribution in [2.75, 3.05) is 0 Å². The van der Waals surface area contributed by atoms with Gasteiger partial charge in [0.15, 0.2) is 8.07 Å². The van der Waals surface area contributed by atoms with Crippen LogP contribution in [0.1, 0.15) is 67.2 Å². The van der Waals surface area contributed by atoms with Crippen LogP contribution in [0.25, 0.3) is 21.5 Å². The first-order valence-corrected chi connectivity index (χ1v) is 17.5. The lowest BCUT2D eigenvalue weighted by molar-refractivity contribution is -0.137. The van der Waals surface area contributed by atoms with Crippen LogP contribution in [0.15, 0.2) is 121 Å². The molecule has 0 unspecified atom stereocenters. The van der Waals surface area contributed by atoms with E-state index in [1.54, 1.807) is 0 Å². The molecule has 1 heterocycles. The van der Waals surface area contributed by atoms with Crippen LogP contribution in [0, 0.1) is 11.5 Å². The van der Waals surface area contributed by atoms with Crippen LogP contribution in [-0.4, -0.2) is 19.1 Å². The second-order valence-corrected chi connectivity index (χ2v) is 14.6. The Balaban J connectivity index is 1.64. The summed E-state index contributed by atoms with van der Waals surface area (Å²) in [6.07, 6.45) is 6.02.